The van der Waals surface area contributed by atoms with E-state index in [0.29, 0.717) is 24.0 Å². The first-order valence-corrected chi connectivity index (χ1v) is 5.70. The Hall–Kier alpha value is -1.38. The van der Waals surface area contributed by atoms with Gasteiger partial charge in [-0.15, -0.1) is 0 Å². The lowest BCUT2D eigenvalue weighted by Crippen LogP contribution is -2.05. The first kappa shape index (κ1) is 12.7. The van der Waals surface area contributed by atoms with Crippen molar-refractivity contribution in [3.05, 3.63) is 23.9 Å². The molecule has 1 aromatic rings. The second-order valence-electron chi connectivity index (χ2n) is 4.30. The van der Waals surface area contributed by atoms with Crippen LogP contribution in [0, 0.1) is 5.92 Å². The molecule has 0 atom stereocenters. The number of pyridine rings is 1. The zero-order valence-corrected chi connectivity index (χ0v) is 10.2. The van der Waals surface area contributed by atoms with E-state index in [1.165, 1.54) is 6.92 Å². The van der Waals surface area contributed by atoms with Crippen molar-refractivity contribution in [1.82, 2.24) is 4.98 Å². The highest BCUT2D eigenvalue weighted by atomic mass is 16.5. The summed E-state index contributed by atoms with van der Waals surface area (Å²) < 4.78 is 5.52. The number of carbonyl (C=O) groups excluding carboxylic acids is 1. The van der Waals surface area contributed by atoms with Crippen LogP contribution in [0.2, 0.25) is 0 Å². The Morgan fingerprint density at radius 3 is 2.88 bits per heavy atom. The van der Waals surface area contributed by atoms with Crippen LogP contribution in [0.3, 0.4) is 0 Å². The van der Waals surface area contributed by atoms with Crippen molar-refractivity contribution in [1.29, 1.82) is 0 Å². The van der Waals surface area contributed by atoms with Gasteiger partial charge in [0.05, 0.1) is 12.2 Å². The molecule has 0 aliphatic rings. The Kier molecular flexibility index (Phi) is 4.96. The summed E-state index contributed by atoms with van der Waals surface area (Å²) in [6.07, 6.45) is 3.76. The molecule has 1 heterocycles. The average Bonchev–Trinajstić information content (AvgIpc) is 2.24. The molecule has 0 aliphatic carbocycles. The van der Waals surface area contributed by atoms with Gasteiger partial charge in [0.15, 0.2) is 5.78 Å². The molecule has 0 N–H and O–H groups in total. The van der Waals surface area contributed by atoms with E-state index in [0.717, 1.165) is 12.8 Å². The summed E-state index contributed by atoms with van der Waals surface area (Å²) in [6.45, 7) is 6.51. The van der Waals surface area contributed by atoms with Crippen molar-refractivity contribution in [2.24, 2.45) is 5.92 Å². The Labute approximate surface area is 96.8 Å². The van der Waals surface area contributed by atoms with Crippen molar-refractivity contribution < 1.29 is 9.53 Å². The minimum absolute atomic E-state index is 0.00744. The Morgan fingerprint density at radius 2 is 2.25 bits per heavy atom. The molecule has 1 rings (SSSR count). The molecule has 0 bridgehead atoms. The average molecular weight is 221 g/mol. The lowest BCUT2D eigenvalue weighted by Gasteiger charge is -2.09. The summed E-state index contributed by atoms with van der Waals surface area (Å²) in [5, 5.41) is 0. The van der Waals surface area contributed by atoms with Crippen LogP contribution in [0.4, 0.5) is 0 Å². The van der Waals surface area contributed by atoms with Crippen LogP contribution in [-0.2, 0) is 0 Å². The third-order valence-corrected chi connectivity index (χ3v) is 2.32. The molecular weight excluding hydrogens is 202 g/mol. The van der Waals surface area contributed by atoms with Crippen LogP contribution < -0.4 is 4.74 Å². The lowest BCUT2D eigenvalue weighted by molar-refractivity contribution is 0.101. The number of aromatic nitrogens is 1. The minimum atomic E-state index is -0.00744. The smallest absolute Gasteiger partial charge is 0.224 e. The van der Waals surface area contributed by atoms with E-state index < -0.39 is 0 Å². The molecule has 0 spiro atoms. The van der Waals surface area contributed by atoms with Gasteiger partial charge in [0.2, 0.25) is 5.88 Å². The topological polar surface area (TPSA) is 39.2 Å². The van der Waals surface area contributed by atoms with Crippen molar-refractivity contribution in [3.63, 3.8) is 0 Å². The van der Waals surface area contributed by atoms with Gasteiger partial charge in [-0.05, 0) is 37.8 Å². The van der Waals surface area contributed by atoms with Crippen molar-refractivity contribution >= 4 is 5.78 Å². The number of Topliss-reactive ketones (excluding diaryl/α,β-unsaturated/α-hetero) is 1. The SMILES string of the molecule is CC(=O)c1cccnc1OCCCC(C)C. The van der Waals surface area contributed by atoms with Gasteiger partial charge in [0.25, 0.3) is 0 Å². The molecule has 3 nitrogen and oxygen atoms in total. The normalized spacial score (nSPS) is 10.5. The predicted molar refractivity (Wildman–Crippen MR) is 63.8 cm³/mol. The molecule has 0 radical (unpaired) electrons. The molecule has 0 fully saturated rings. The summed E-state index contributed by atoms with van der Waals surface area (Å²) in [4.78, 5) is 15.4. The molecule has 0 saturated carbocycles. The van der Waals surface area contributed by atoms with E-state index in [2.05, 4.69) is 18.8 Å². The molecule has 0 amide bonds. The first-order valence-electron chi connectivity index (χ1n) is 5.70. The van der Waals surface area contributed by atoms with Crippen molar-refractivity contribution in [3.8, 4) is 5.88 Å². The first-order chi connectivity index (χ1) is 7.61. The van der Waals surface area contributed by atoms with E-state index in [1.807, 2.05) is 0 Å². The van der Waals surface area contributed by atoms with Crippen LogP contribution in [0.15, 0.2) is 18.3 Å². The van der Waals surface area contributed by atoms with Gasteiger partial charge in [-0.3, -0.25) is 4.79 Å². The standard InChI is InChI=1S/C13H19NO2/c1-10(2)6-5-9-16-13-12(11(3)15)7-4-8-14-13/h4,7-8,10H,5-6,9H2,1-3H3. The fourth-order valence-corrected chi connectivity index (χ4v) is 1.43. The Balaban J connectivity index is 2.50. The highest BCUT2D eigenvalue weighted by molar-refractivity contribution is 5.96. The van der Waals surface area contributed by atoms with Gasteiger partial charge in [0, 0.05) is 6.20 Å². The summed E-state index contributed by atoms with van der Waals surface area (Å²) in [6, 6.07) is 3.49. The molecule has 0 unspecified atom stereocenters. The van der Waals surface area contributed by atoms with E-state index in [1.54, 1.807) is 18.3 Å². The number of ketones is 1. The van der Waals surface area contributed by atoms with Crippen molar-refractivity contribution in [2.75, 3.05) is 6.61 Å². The number of hydrogen-bond donors (Lipinski definition) is 0. The second kappa shape index (κ2) is 6.26. The predicted octanol–water partition coefficient (Wildman–Crippen LogP) is 3.10. The number of rotatable bonds is 6. The molecule has 1 aromatic heterocycles. The fraction of sp³-hybridized carbons (Fsp3) is 0.538. The second-order valence-corrected chi connectivity index (χ2v) is 4.30. The zero-order chi connectivity index (χ0) is 12.0. The third-order valence-electron chi connectivity index (χ3n) is 2.32. The Morgan fingerprint density at radius 1 is 1.50 bits per heavy atom. The number of hydrogen-bond acceptors (Lipinski definition) is 3. The maximum Gasteiger partial charge on any atom is 0.224 e. The molecule has 88 valence electrons. The summed E-state index contributed by atoms with van der Waals surface area (Å²) >= 11 is 0. The Bertz CT molecular complexity index is 348. The van der Waals surface area contributed by atoms with Gasteiger partial charge < -0.3 is 4.74 Å². The van der Waals surface area contributed by atoms with Crippen molar-refractivity contribution in [2.45, 2.75) is 33.6 Å². The third kappa shape index (κ3) is 4.01. The van der Waals surface area contributed by atoms with Gasteiger partial charge in [-0.2, -0.15) is 0 Å². The molecule has 0 saturated heterocycles. The van der Waals surface area contributed by atoms with Crippen LogP contribution in [0.5, 0.6) is 5.88 Å². The summed E-state index contributed by atoms with van der Waals surface area (Å²) in [7, 11) is 0. The maximum absolute atomic E-state index is 11.3. The highest BCUT2D eigenvalue weighted by Gasteiger charge is 2.08. The monoisotopic (exact) mass is 221 g/mol. The largest absolute Gasteiger partial charge is 0.477 e. The van der Waals surface area contributed by atoms with Gasteiger partial charge >= 0.3 is 0 Å². The van der Waals surface area contributed by atoms with Crippen LogP contribution in [0.1, 0.15) is 44.0 Å². The molecular formula is C13H19NO2. The molecule has 3 heteroatoms. The van der Waals surface area contributed by atoms with Gasteiger partial charge in [0.1, 0.15) is 0 Å². The van der Waals surface area contributed by atoms with E-state index in [4.69, 9.17) is 4.74 Å². The number of nitrogens with zero attached hydrogens (tertiary/aromatic N) is 1. The van der Waals surface area contributed by atoms with E-state index in [-0.39, 0.29) is 5.78 Å². The highest BCUT2D eigenvalue weighted by Crippen LogP contribution is 2.15. The maximum atomic E-state index is 11.3. The van der Waals surface area contributed by atoms with E-state index >= 15 is 0 Å². The molecule has 0 aliphatic heterocycles. The molecule has 16 heavy (non-hydrogen) atoms. The molecule has 0 aromatic carbocycles. The van der Waals surface area contributed by atoms with Gasteiger partial charge in [-0.25, -0.2) is 4.98 Å². The number of carbonyl (C=O) groups is 1. The number of ether oxygens (including phenoxy) is 1. The summed E-state index contributed by atoms with van der Waals surface area (Å²) in [5.74, 6) is 1.13. The van der Waals surface area contributed by atoms with E-state index in [9.17, 15) is 4.79 Å². The zero-order valence-electron chi connectivity index (χ0n) is 10.2. The van der Waals surface area contributed by atoms with Crippen LogP contribution in [0.25, 0.3) is 0 Å². The quantitative estimate of drug-likeness (QED) is 0.547. The van der Waals surface area contributed by atoms with Crippen LogP contribution >= 0.6 is 0 Å². The van der Waals surface area contributed by atoms with Crippen LogP contribution in [-0.4, -0.2) is 17.4 Å². The fourth-order valence-electron chi connectivity index (χ4n) is 1.43. The minimum Gasteiger partial charge on any atom is -0.477 e. The van der Waals surface area contributed by atoms with Gasteiger partial charge in [-0.1, -0.05) is 13.8 Å². The lowest BCUT2D eigenvalue weighted by atomic mass is 10.1. The summed E-state index contributed by atoms with van der Waals surface area (Å²) in [5.41, 5.74) is 0.562.